The van der Waals surface area contributed by atoms with E-state index >= 15 is 0 Å². The molecular formula is C18H22FN3O. The Kier molecular flexibility index (Phi) is 6.23. The molecule has 1 amide bonds. The van der Waals surface area contributed by atoms with Crippen molar-refractivity contribution in [1.29, 1.82) is 0 Å². The molecule has 0 aliphatic carbocycles. The van der Waals surface area contributed by atoms with Gasteiger partial charge in [0.05, 0.1) is 0 Å². The lowest BCUT2D eigenvalue weighted by Gasteiger charge is -2.24. The summed E-state index contributed by atoms with van der Waals surface area (Å²) in [4.78, 5) is 18.4. The van der Waals surface area contributed by atoms with Crippen LogP contribution < -0.4 is 5.32 Å². The molecule has 122 valence electrons. The van der Waals surface area contributed by atoms with Crippen LogP contribution >= 0.6 is 0 Å². The first-order chi connectivity index (χ1) is 11.1. The third-order valence-electron chi connectivity index (χ3n) is 3.60. The number of pyridine rings is 1. The second-order valence-electron chi connectivity index (χ2n) is 5.60. The van der Waals surface area contributed by atoms with E-state index in [0.29, 0.717) is 12.1 Å². The normalized spacial score (nSPS) is 12.2. The molecule has 0 saturated heterocycles. The molecule has 0 aliphatic rings. The molecular weight excluding hydrogens is 293 g/mol. The number of carbonyl (C=O) groups excluding carboxylic acids is 1. The van der Waals surface area contributed by atoms with Gasteiger partial charge in [0.15, 0.2) is 0 Å². The maximum atomic E-state index is 14.0. The van der Waals surface area contributed by atoms with E-state index in [-0.39, 0.29) is 11.7 Å². The molecule has 4 nitrogen and oxygen atoms in total. The summed E-state index contributed by atoms with van der Waals surface area (Å²) in [5, 5.41) is 2.88. The zero-order chi connectivity index (χ0) is 16.7. The van der Waals surface area contributed by atoms with Crippen molar-refractivity contribution in [3.8, 4) is 0 Å². The molecule has 0 bridgehead atoms. The highest BCUT2D eigenvalue weighted by molar-refractivity contribution is 5.83. The number of amides is 1. The second kappa shape index (κ2) is 8.39. The van der Waals surface area contributed by atoms with E-state index in [1.54, 1.807) is 43.4 Å². The van der Waals surface area contributed by atoms with Gasteiger partial charge in [-0.25, -0.2) is 4.39 Å². The first-order valence-electron chi connectivity index (χ1n) is 7.68. The Morgan fingerprint density at radius 2 is 1.96 bits per heavy atom. The molecule has 0 radical (unpaired) electrons. The maximum Gasteiger partial charge on any atom is 0.242 e. The average molecular weight is 315 g/mol. The van der Waals surface area contributed by atoms with Crippen molar-refractivity contribution in [3.05, 3.63) is 65.7 Å². The molecule has 1 N–H and O–H groups in total. The van der Waals surface area contributed by atoms with Crippen LogP contribution in [0.3, 0.4) is 0 Å². The van der Waals surface area contributed by atoms with E-state index in [1.807, 2.05) is 18.2 Å². The van der Waals surface area contributed by atoms with Crippen LogP contribution in [0.25, 0.3) is 0 Å². The summed E-state index contributed by atoms with van der Waals surface area (Å²) < 4.78 is 14.0. The first-order valence-corrected chi connectivity index (χ1v) is 7.68. The summed E-state index contributed by atoms with van der Waals surface area (Å²) in [7, 11) is 3.54. The van der Waals surface area contributed by atoms with Gasteiger partial charge in [0.2, 0.25) is 5.91 Å². The quantitative estimate of drug-likeness (QED) is 0.799. The smallest absolute Gasteiger partial charge is 0.242 e. The van der Waals surface area contributed by atoms with E-state index in [0.717, 1.165) is 18.5 Å². The second-order valence-corrected chi connectivity index (χ2v) is 5.60. The number of halogens is 1. The van der Waals surface area contributed by atoms with Gasteiger partial charge in [0.1, 0.15) is 11.9 Å². The van der Waals surface area contributed by atoms with E-state index in [9.17, 15) is 9.18 Å². The number of nitrogens with one attached hydrogen (secondary N) is 1. The average Bonchev–Trinajstić information content (AvgIpc) is 2.54. The van der Waals surface area contributed by atoms with Crippen molar-refractivity contribution in [2.24, 2.45) is 0 Å². The topological polar surface area (TPSA) is 45.2 Å². The summed E-state index contributed by atoms with van der Waals surface area (Å²) in [5.74, 6) is -0.559. The van der Waals surface area contributed by atoms with Crippen molar-refractivity contribution < 1.29 is 9.18 Å². The number of aromatic nitrogens is 1. The highest BCUT2D eigenvalue weighted by atomic mass is 19.1. The van der Waals surface area contributed by atoms with Crippen LogP contribution in [0.1, 0.15) is 23.7 Å². The predicted octanol–water partition coefficient (Wildman–Crippen LogP) is 2.57. The van der Waals surface area contributed by atoms with Crippen molar-refractivity contribution in [1.82, 2.24) is 15.2 Å². The van der Waals surface area contributed by atoms with E-state index < -0.39 is 6.04 Å². The Bertz CT molecular complexity index is 631. The number of benzene rings is 1. The summed E-state index contributed by atoms with van der Waals surface area (Å²) in [6.45, 7) is 0.536. The molecule has 1 heterocycles. The number of likely N-dealkylation sites (N-methyl/N-ethyl adjacent to an activating group) is 1. The van der Waals surface area contributed by atoms with Gasteiger partial charge in [-0.15, -0.1) is 0 Å². The van der Waals surface area contributed by atoms with Crippen LogP contribution in [-0.4, -0.2) is 36.4 Å². The fraction of sp³-hybridized carbons (Fsp3) is 0.333. The Balaban J connectivity index is 1.91. The number of carbonyl (C=O) groups is 1. The first kappa shape index (κ1) is 17.1. The predicted molar refractivity (Wildman–Crippen MR) is 88.4 cm³/mol. The molecule has 0 aliphatic heterocycles. The van der Waals surface area contributed by atoms with E-state index in [4.69, 9.17) is 0 Å². The van der Waals surface area contributed by atoms with Crippen molar-refractivity contribution in [2.45, 2.75) is 18.9 Å². The van der Waals surface area contributed by atoms with Gasteiger partial charge in [0.25, 0.3) is 0 Å². The molecule has 1 unspecified atom stereocenters. The lowest BCUT2D eigenvalue weighted by Crippen LogP contribution is -2.38. The number of hydrogen-bond acceptors (Lipinski definition) is 3. The van der Waals surface area contributed by atoms with Crippen LogP contribution in [0.15, 0.2) is 48.7 Å². The Hall–Kier alpha value is -2.27. The summed E-state index contributed by atoms with van der Waals surface area (Å²) in [6.07, 6.45) is 3.35. The number of nitrogens with zero attached hydrogens (tertiary/aromatic N) is 2. The van der Waals surface area contributed by atoms with Crippen LogP contribution in [0.5, 0.6) is 0 Å². The van der Waals surface area contributed by atoms with Gasteiger partial charge in [-0.2, -0.15) is 0 Å². The maximum absolute atomic E-state index is 14.0. The van der Waals surface area contributed by atoms with E-state index in [1.165, 1.54) is 6.07 Å². The molecule has 1 aromatic heterocycles. The van der Waals surface area contributed by atoms with Crippen molar-refractivity contribution in [3.63, 3.8) is 0 Å². The number of aryl methyl sites for hydroxylation is 1. The molecule has 0 fully saturated rings. The Labute approximate surface area is 136 Å². The summed E-state index contributed by atoms with van der Waals surface area (Å²) in [5.41, 5.74) is 1.39. The van der Waals surface area contributed by atoms with Crippen LogP contribution in [0.4, 0.5) is 4.39 Å². The van der Waals surface area contributed by atoms with Crippen LogP contribution in [0.2, 0.25) is 0 Å². The molecule has 0 saturated carbocycles. The standard InChI is InChI=1S/C18H22FN3O/c1-22(2)17(15-10-3-4-11-16(15)19)18(23)21-13-7-9-14-8-5-6-12-20-14/h3-6,8,10-12,17H,7,9,13H2,1-2H3,(H,21,23). The number of rotatable bonds is 7. The SMILES string of the molecule is CN(C)C(C(=O)NCCCc1ccccn1)c1ccccc1F. The third kappa shape index (κ3) is 4.86. The van der Waals surface area contributed by atoms with Gasteiger partial charge in [-0.3, -0.25) is 14.7 Å². The lowest BCUT2D eigenvalue weighted by atomic mass is 10.0. The molecule has 1 aromatic carbocycles. The fourth-order valence-electron chi connectivity index (χ4n) is 2.47. The minimum absolute atomic E-state index is 0.193. The number of hydrogen-bond donors (Lipinski definition) is 1. The monoisotopic (exact) mass is 315 g/mol. The lowest BCUT2D eigenvalue weighted by molar-refractivity contribution is -0.125. The Morgan fingerprint density at radius 1 is 1.22 bits per heavy atom. The van der Waals surface area contributed by atoms with Gasteiger partial charge < -0.3 is 5.32 Å². The Morgan fingerprint density at radius 3 is 2.61 bits per heavy atom. The van der Waals surface area contributed by atoms with Gasteiger partial charge >= 0.3 is 0 Å². The van der Waals surface area contributed by atoms with Gasteiger partial charge in [0, 0.05) is 24.0 Å². The molecule has 5 heteroatoms. The largest absolute Gasteiger partial charge is 0.354 e. The minimum Gasteiger partial charge on any atom is -0.354 e. The van der Waals surface area contributed by atoms with Crippen LogP contribution in [-0.2, 0) is 11.2 Å². The third-order valence-corrected chi connectivity index (χ3v) is 3.60. The van der Waals surface area contributed by atoms with E-state index in [2.05, 4.69) is 10.3 Å². The van der Waals surface area contributed by atoms with Crippen molar-refractivity contribution in [2.75, 3.05) is 20.6 Å². The summed E-state index contributed by atoms with van der Waals surface area (Å²) in [6, 6.07) is 11.5. The summed E-state index contributed by atoms with van der Waals surface area (Å²) >= 11 is 0. The molecule has 0 spiro atoms. The molecule has 2 rings (SSSR count). The van der Waals surface area contributed by atoms with Crippen LogP contribution in [0, 0.1) is 5.82 Å². The van der Waals surface area contributed by atoms with Gasteiger partial charge in [-0.05, 0) is 45.1 Å². The zero-order valence-corrected chi connectivity index (χ0v) is 13.5. The highest BCUT2D eigenvalue weighted by Gasteiger charge is 2.25. The molecule has 2 aromatic rings. The molecule has 23 heavy (non-hydrogen) atoms. The highest BCUT2D eigenvalue weighted by Crippen LogP contribution is 2.21. The fourth-order valence-corrected chi connectivity index (χ4v) is 2.47. The van der Waals surface area contributed by atoms with Crippen molar-refractivity contribution >= 4 is 5.91 Å². The van der Waals surface area contributed by atoms with Gasteiger partial charge in [-0.1, -0.05) is 24.3 Å². The minimum atomic E-state index is -0.633. The zero-order valence-electron chi connectivity index (χ0n) is 13.5. The molecule has 1 atom stereocenters.